The number of thiophene rings is 1. The summed E-state index contributed by atoms with van der Waals surface area (Å²) in [4.78, 5) is 11.1. The lowest BCUT2D eigenvalue weighted by atomic mass is 10.2. The summed E-state index contributed by atoms with van der Waals surface area (Å²) < 4.78 is 2.63. The van der Waals surface area contributed by atoms with Crippen LogP contribution in [-0.2, 0) is 0 Å². The molecule has 0 saturated heterocycles. The van der Waals surface area contributed by atoms with Crippen LogP contribution in [0, 0.1) is 5.92 Å². The van der Waals surface area contributed by atoms with Crippen LogP contribution < -0.4 is 0 Å². The molecule has 3 nitrogen and oxygen atoms in total. The number of hydrogen-bond acceptors (Lipinski definition) is 3. The number of nitrogens with zero attached hydrogens (tertiary/aromatic N) is 2. The van der Waals surface area contributed by atoms with Crippen molar-refractivity contribution in [1.82, 2.24) is 9.78 Å². The third kappa shape index (κ3) is 2.10. The molecule has 0 aromatic carbocycles. The van der Waals surface area contributed by atoms with Gasteiger partial charge in [0, 0.05) is 17.1 Å². The van der Waals surface area contributed by atoms with Crippen molar-refractivity contribution in [3.8, 4) is 11.3 Å². The van der Waals surface area contributed by atoms with Crippen LogP contribution in [0.1, 0.15) is 36.2 Å². The molecule has 1 aliphatic rings. The number of aromatic nitrogens is 2. The lowest BCUT2D eigenvalue weighted by Gasteiger charge is -2.09. The van der Waals surface area contributed by atoms with Crippen LogP contribution >= 0.6 is 22.9 Å². The average molecular weight is 281 g/mol. The molecule has 2 aromatic rings. The van der Waals surface area contributed by atoms with E-state index >= 15 is 0 Å². The molecule has 0 bridgehead atoms. The van der Waals surface area contributed by atoms with Gasteiger partial charge in [0.15, 0.2) is 6.29 Å². The maximum atomic E-state index is 11.1. The zero-order valence-corrected chi connectivity index (χ0v) is 11.5. The Labute approximate surface area is 114 Å². The fraction of sp³-hybridized carbons (Fsp3) is 0.385. The molecule has 1 atom stereocenters. The number of halogens is 1. The first kappa shape index (κ1) is 11.9. The van der Waals surface area contributed by atoms with E-state index in [-0.39, 0.29) is 0 Å². The molecule has 18 heavy (non-hydrogen) atoms. The van der Waals surface area contributed by atoms with Crippen molar-refractivity contribution in [1.29, 1.82) is 0 Å². The Morgan fingerprint density at radius 2 is 2.39 bits per heavy atom. The summed E-state index contributed by atoms with van der Waals surface area (Å²) in [7, 11) is 0. The third-order valence-electron chi connectivity index (χ3n) is 3.45. The van der Waals surface area contributed by atoms with Crippen LogP contribution in [0.15, 0.2) is 17.6 Å². The molecule has 2 heterocycles. The van der Waals surface area contributed by atoms with Gasteiger partial charge in [-0.05, 0) is 31.7 Å². The Bertz CT molecular complexity index is 586. The number of carbonyl (C=O) groups excluding carboxylic acids is 1. The summed E-state index contributed by atoms with van der Waals surface area (Å²) >= 11 is 7.39. The van der Waals surface area contributed by atoms with Gasteiger partial charge >= 0.3 is 0 Å². The smallest absolute Gasteiger partial charge is 0.153 e. The Hall–Kier alpha value is -1.13. The van der Waals surface area contributed by atoms with Crippen molar-refractivity contribution in [3.05, 3.63) is 27.5 Å². The van der Waals surface area contributed by atoms with E-state index in [0.717, 1.165) is 17.5 Å². The second-order valence-corrected chi connectivity index (χ2v) is 6.29. The van der Waals surface area contributed by atoms with E-state index in [1.807, 2.05) is 22.3 Å². The second-order valence-electron chi connectivity index (χ2n) is 4.75. The van der Waals surface area contributed by atoms with Crippen molar-refractivity contribution < 1.29 is 4.79 Å². The second kappa shape index (κ2) is 4.52. The van der Waals surface area contributed by atoms with Crippen molar-refractivity contribution in [2.45, 2.75) is 25.8 Å². The molecule has 1 unspecified atom stereocenters. The molecule has 0 radical (unpaired) electrons. The summed E-state index contributed by atoms with van der Waals surface area (Å²) in [6.07, 6.45) is 5.23. The van der Waals surface area contributed by atoms with Gasteiger partial charge in [0.2, 0.25) is 0 Å². The normalized spacial score (nSPS) is 16.8. The molecule has 5 heteroatoms. The van der Waals surface area contributed by atoms with Crippen molar-refractivity contribution in [2.75, 3.05) is 0 Å². The van der Waals surface area contributed by atoms with Crippen molar-refractivity contribution in [2.24, 2.45) is 5.92 Å². The molecule has 1 fully saturated rings. The van der Waals surface area contributed by atoms with Gasteiger partial charge in [-0.1, -0.05) is 11.6 Å². The lowest BCUT2D eigenvalue weighted by molar-refractivity contribution is 0.112. The molecule has 94 valence electrons. The number of rotatable bonds is 4. The van der Waals surface area contributed by atoms with E-state index in [1.54, 1.807) is 0 Å². The molecule has 0 aliphatic heterocycles. The summed E-state index contributed by atoms with van der Waals surface area (Å²) in [6.45, 7) is 2.16. The Balaban J connectivity index is 2.00. The SMILES string of the molecule is CC(C1CC1)n1cc(C=O)c(-c2csc(Cl)c2)n1. The van der Waals surface area contributed by atoms with Crippen LogP contribution in [0.25, 0.3) is 11.3 Å². The van der Waals surface area contributed by atoms with E-state index in [4.69, 9.17) is 11.6 Å². The first-order valence-electron chi connectivity index (χ1n) is 5.98. The summed E-state index contributed by atoms with van der Waals surface area (Å²) in [5.74, 6) is 0.711. The number of aldehydes is 1. The first-order chi connectivity index (χ1) is 8.69. The Kier molecular flexibility index (Phi) is 2.99. The molecule has 3 rings (SSSR count). The zero-order valence-electron chi connectivity index (χ0n) is 9.97. The largest absolute Gasteiger partial charge is 0.298 e. The van der Waals surface area contributed by atoms with Gasteiger partial charge < -0.3 is 0 Å². The van der Waals surface area contributed by atoms with Gasteiger partial charge in [-0.3, -0.25) is 9.48 Å². The minimum Gasteiger partial charge on any atom is -0.298 e. The fourth-order valence-electron chi connectivity index (χ4n) is 2.15. The maximum Gasteiger partial charge on any atom is 0.153 e. The van der Waals surface area contributed by atoms with Crippen LogP contribution in [-0.4, -0.2) is 16.1 Å². The van der Waals surface area contributed by atoms with E-state index in [2.05, 4.69) is 12.0 Å². The van der Waals surface area contributed by atoms with Gasteiger partial charge in [-0.2, -0.15) is 5.10 Å². The van der Waals surface area contributed by atoms with Crippen LogP contribution in [0.4, 0.5) is 0 Å². The summed E-state index contributed by atoms with van der Waals surface area (Å²) in [5.41, 5.74) is 2.30. The number of hydrogen-bond donors (Lipinski definition) is 0. The van der Waals surface area contributed by atoms with Gasteiger partial charge in [0.1, 0.15) is 5.69 Å². The minimum atomic E-state index is 0.367. The van der Waals surface area contributed by atoms with Crippen LogP contribution in [0.5, 0.6) is 0 Å². The molecule has 0 amide bonds. The molecule has 0 N–H and O–H groups in total. The van der Waals surface area contributed by atoms with E-state index in [9.17, 15) is 4.79 Å². The molecular formula is C13H13ClN2OS. The molecular weight excluding hydrogens is 268 g/mol. The van der Waals surface area contributed by atoms with Crippen LogP contribution in [0.2, 0.25) is 4.34 Å². The van der Waals surface area contributed by atoms with Crippen molar-refractivity contribution in [3.63, 3.8) is 0 Å². The zero-order chi connectivity index (χ0) is 12.7. The van der Waals surface area contributed by atoms with E-state index < -0.39 is 0 Å². The highest BCUT2D eigenvalue weighted by atomic mass is 35.5. The predicted octanol–water partition coefficient (Wildman–Crippen LogP) is 4.05. The van der Waals surface area contributed by atoms with E-state index in [0.29, 0.717) is 21.9 Å². The number of carbonyl (C=O) groups is 1. The molecule has 0 spiro atoms. The molecule has 1 saturated carbocycles. The molecule has 1 aliphatic carbocycles. The van der Waals surface area contributed by atoms with Crippen molar-refractivity contribution >= 4 is 29.2 Å². The highest BCUT2D eigenvalue weighted by molar-refractivity contribution is 7.14. The highest BCUT2D eigenvalue weighted by Gasteiger charge is 2.30. The lowest BCUT2D eigenvalue weighted by Crippen LogP contribution is -2.07. The maximum absolute atomic E-state index is 11.1. The Morgan fingerprint density at radius 1 is 1.61 bits per heavy atom. The monoisotopic (exact) mass is 280 g/mol. The average Bonchev–Trinajstić information content (AvgIpc) is 2.98. The van der Waals surface area contributed by atoms with E-state index in [1.165, 1.54) is 24.2 Å². The third-order valence-corrected chi connectivity index (χ3v) is 4.54. The fourth-order valence-corrected chi connectivity index (χ4v) is 3.02. The predicted molar refractivity (Wildman–Crippen MR) is 73.4 cm³/mol. The quantitative estimate of drug-likeness (QED) is 0.792. The summed E-state index contributed by atoms with van der Waals surface area (Å²) in [5, 5.41) is 6.49. The molecule has 2 aromatic heterocycles. The van der Waals surface area contributed by atoms with Gasteiger partial charge in [-0.25, -0.2) is 0 Å². The highest BCUT2D eigenvalue weighted by Crippen LogP contribution is 2.40. The Morgan fingerprint density at radius 3 is 2.94 bits per heavy atom. The first-order valence-corrected chi connectivity index (χ1v) is 7.23. The van der Waals surface area contributed by atoms with Gasteiger partial charge in [-0.15, -0.1) is 11.3 Å². The van der Waals surface area contributed by atoms with Gasteiger partial charge in [0.05, 0.1) is 15.9 Å². The topological polar surface area (TPSA) is 34.9 Å². The van der Waals surface area contributed by atoms with Gasteiger partial charge in [0.25, 0.3) is 0 Å². The minimum absolute atomic E-state index is 0.367. The van der Waals surface area contributed by atoms with Crippen LogP contribution in [0.3, 0.4) is 0 Å². The standard InChI is InChI=1S/C13H13ClN2OS/c1-8(9-2-3-9)16-5-11(6-17)13(15-16)10-4-12(14)18-7-10/h4-9H,2-3H2,1H3. The summed E-state index contributed by atoms with van der Waals surface area (Å²) in [6, 6.07) is 2.22.